The molecular weight excluding hydrogens is 691 g/mol. The van der Waals surface area contributed by atoms with Gasteiger partial charge < -0.3 is 0 Å². The molecule has 0 N–H and O–H groups in total. The summed E-state index contributed by atoms with van der Waals surface area (Å²) in [6.45, 7) is 22.5. The molecule has 3 heteroatoms. The van der Waals surface area contributed by atoms with Crippen LogP contribution in [0, 0.1) is 17.4 Å². The summed E-state index contributed by atoms with van der Waals surface area (Å²) in [4.78, 5) is 0. The molecule has 5 aromatic rings. The summed E-state index contributed by atoms with van der Waals surface area (Å²) < 4.78 is 1.42. The van der Waals surface area contributed by atoms with Gasteiger partial charge in [-0.05, 0) is 10.8 Å². The van der Waals surface area contributed by atoms with Crippen molar-refractivity contribution in [3.05, 3.63) is 149 Å². The molecule has 246 valence electrons. The molecule has 47 heavy (non-hydrogen) atoms. The van der Waals surface area contributed by atoms with Crippen LogP contribution in [0.2, 0.25) is 0 Å². The van der Waals surface area contributed by atoms with E-state index in [0.29, 0.717) is 11.3 Å². The van der Waals surface area contributed by atoms with E-state index in [-0.39, 0.29) is 35.6 Å². The van der Waals surface area contributed by atoms with Gasteiger partial charge in [-0.2, -0.15) is 11.6 Å². The Morgan fingerprint density at radius 3 is 1.30 bits per heavy atom. The third kappa shape index (κ3) is 11.0. The van der Waals surface area contributed by atoms with Gasteiger partial charge in [-0.1, -0.05) is 116 Å². The molecule has 5 aromatic carbocycles. The van der Waals surface area contributed by atoms with E-state index in [1.807, 2.05) is 0 Å². The zero-order valence-corrected chi connectivity index (χ0v) is 34.0. The molecule has 1 atom stereocenters. The summed E-state index contributed by atoms with van der Waals surface area (Å²) in [5.41, 5.74) is 7.59. The molecule has 0 bridgehead atoms. The van der Waals surface area contributed by atoms with E-state index in [2.05, 4.69) is 191 Å². The van der Waals surface area contributed by atoms with Crippen molar-refractivity contribution in [2.75, 3.05) is 0 Å². The predicted molar refractivity (Wildman–Crippen MR) is 210 cm³/mol. The van der Waals surface area contributed by atoms with E-state index in [1.54, 1.807) is 0 Å². The van der Waals surface area contributed by atoms with Crippen LogP contribution in [0.1, 0.15) is 91.5 Å². The second-order valence-corrected chi connectivity index (χ2v) is 16.6. The molecule has 0 spiro atoms. The number of rotatable bonds is 2. The van der Waals surface area contributed by atoms with Crippen LogP contribution in [0.15, 0.2) is 121 Å². The molecule has 0 saturated carbocycles. The molecule has 0 heterocycles. The number of hydrogen-bond donors (Lipinski definition) is 0. The minimum absolute atomic E-state index is 0. The quantitative estimate of drug-likeness (QED) is 0.158. The Labute approximate surface area is 312 Å². The molecule has 1 aliphatic carbocycles. The van der Waals surface area contributed by atoms with Crippen LogP contribution in [0.25, 0.3) is 21.5 Å². The van der Waals surface area contributed by atoms with Crippen molar-refractivity contribution in [2.45, 2.75) is 80.1 Å². The van der Waals surface area contributed by atoms with E-state index < -0.39 is 0 Å². The van der Waals surface area contributed by atoms with Crippen molar-refractivity contribution in [3.8, 4) is 0 Å². The van der Waals surface area contributed by atoms with Crippen LogP contribution in [0.5, 0.6) is 0 Å². The fourth-order valence-electron chi connectivity index (χ4n) is 5.39. The third-order valence-corrected chi connectivity index (χ3v) is 9.78. The van der Waals surface area contributed by atoms with Crippen molar-refractivity contribution in [1.29, 1.82) is 0 Å². The molecule has 0 amide bonds. The first-order chi connectivity index (χ1) is 21.0. The van der Waals surface area contributed by atoms with E-state index in [1.165, 1.54) is 76.8 Å². The molecule has 0 nitrogen and oxygen atoms in total. The average Bonchev–Trinajstić information content (AvgIpc) is 3.60. The van der Waals surface area contributed by atoms with Gasteiger partial charge in [0.15, 0.2) is 0 Å². The second-order valence-electron chi connectivity index (χ2n) is 15.3. The fourth-order valence-corrected chi connectivity index (χ4v) is 6.20. The van der Waals surface area contributed by atoms with Gasteiger partial charge in [-0.3, -0.25) is 6.08 Å². The zero-order chi connectivity index (χ0) is 33.0. The topological polar surface area (TPSA) is 0 Å². The summed E-state index contributed by atoms with van der Waals surface area (Å²) >= 11 is 1.46. The number of hydrogen-bond acceptors (Lipinski definition) is 0. The SMILES string of the molecule is CC(C)(C)c1ccc2c(c1)[cH-]c1cc(C(C)(C)C)ccc12.CC1[C-]=CC(C(C)(C)C)=C1.Cl.Cl.[Zr+2]=[C](c1ccccc1)c1ccccc1. The van der Waals surface area contributed by atoms with E-state index in [9.17, 15) is 0 Å². The molecule has 0 fully saturated rings. The first-order valence-electron chi connectivity index (χ1n) is 16.2. The van der Waals surface area contributed by atoms with E-state index in [4.69, 9.17) is 0 Å². The molecule has 0 aromatic heterocycles. The van der Waals surface area contributed by atoms with Crippen LogP contribution in [0.3, 0.4) is 0 Å². The molecule has 1 unspecified atom stereocenters. The van der Waals surface area contributed by atoms with Gasteiger partial charge in [0, 0.05) is 0 Å². The molecule has 6 rings (SSSR count). The minimum atomic E-state index is 0. The molecule has 0 radical (unpaired) electrons. The standard InChI is InChI=1S/C21H25.C13H10.C10H15.2ClH.Zr/c1-20(2,3)16-7-9-18-14(12-16)11-15-13-17(21(4,5)6)8-10-19(15)18;1-3-7-12(8-4-1)11-13-9-5-2-6-10-13;1-8-5-6-9(7-8)10(2,3)4;;;/h7-13H,1-6H3;1-10H;6-8H,1-4H3;2*1H;/q-1;;-1;;;+2. The van der Waals surface area contributed by atoms with E-state index >= 15 is 0 Å². The predicted octanol–water partition coefficient (Wildman–Crippen LogP) is 12.9. The Kier molecular flexibility index (Phi) is 14.6. The van der Waals surface area contributed by atoms with Crippen LogP contribution < -0.4 is 0 Å². The number of benzene rings is 4. The van der Waals surface area contributed by atoms with Crippen molar-refractivity contribution in [2.24, 2.45) is 11.3 Å². The van der Waals surface area contributed by atoms with Crippen LogP contribution in [0.4, 0.5) is 0 Å². The Bertz CT molecular complexity index is 1690. The van der Waals surface area contributed by atoms with Crippen molar-refractivity contribution in [1.82, 2.24) is 0 Å². The van der Waals surface area contributed by atoms with Gasteiger partial charge in [0.1, 0.15) is 0 Å². The Balaban J connectivity index is 0.000000258. The number of allylic oxidation sites excluding steroid dienone is 4. The third-order valence-electron chi connectivity index (χ3n) is 8.36. The van der Waals surface area contributed by atoms with Gasteiger partial charge in [-0.15, -0.1) is 64.6 Å². The fraction of sp³-hybridized carbons (Fsp3) is 0.318. The van der Waals surface area contributed by atoms with Gasteiger partial charge >= 0.3 is 99.2 Å². The average molecular weight is 743 g/mol. The summed E-state index contributed by atoms with van der Waals surface area (Å²) in [6, 6.07) is 37.3. The van der Waals surface area contributed by atoms with Crippen molar-refractivity contribution < 1.29 is 24.2 Å². The normalized spacial score (nSPS) is 14.2. The number of halogens is 2. The summed E-state index contributed by atoms with van der Waals surface area (Å²) in [5.74, 6) is 0.522. The van der Waals surface area contributed by atoms with Crippen LogP contribution in [-0.4, -0.2) is 3.21 Å². The van der Waals surface area contributed by atoms with Gasteiger partial charge in [0.25, 0.3) is 0 Å². The van der Waals surface area contributed by atoms with Gasteiger partial charge in [0.05, 0.1) is 0 Å². The van der Waals surface area contributed by atoms with Crippen LogP contribution >= 0.6 is 24.8 Å². The summed E-state index contributed by atoms with van der Waals surface area (Å²) in [6.07, 6.45) is 7.65. The van der Waals surface area contributed by atoms with Crippen molar-refractivity contribution >= 4 is 49.6 Å². The Morgan fingerprint density at radius 1 is 0.596 bits per heavy atom. The van der Waals surface area contributed by atoms with Gasteiger partial charge in [-0.25, -0.2) is 6.08 Å². The summed E-state index contributed by atoms with van der Waals surface area (Å²) in [7, 11) is 0. The van der Waals surface area contributed by atoms with E-state index in [0.717, 1.165) is 0 Å². The maximum atomic E-state index is 3.26. The monoisotopic (exact) mass is 740 g/mol. The Hall–Kier alpha value is -2.44. The second kappa shape index (κ2) is 16.8. The maximum absolute atomic E-state index is 3.26. The summed E-state index contributed by atoms with van der Waals surface area (Å²) in [5, 5.41) is 5.48. The van der Waals surface area contributed by atoms with Gasteiger partial charge in [0.2, 0.25) is 0 Å². The molecule has 0 saturated heterocycles. The first kappa shape index (κ1) is 40.7. The zero-order valence-electron chi connectivity index (χ0n) is 29.9. The first-order valence-corrected chi connectivity index (χ1v) is 17.4. The van der Waals surface area contributed by atoms with Crippen molar-refractivity contribution in [3.63, 3.8) is 0 Å². The Morgan fingerprint density at radius 2 is 1.00 bits per heavy atom. The van der Waals surface area contributed by atoms with Crippen LogP contribution in [-0.2, 0) is 35.1 Å². The number of fused-ring (bicyclic) bond motifs is 3. The molecule has 0 aliphatic heterocycles. The molecule has 1 aliphatic rings. The molecular formula is C44H52Cl2Zr.